The van der Waals surface area contributed by atoms with Gasteiger partial charge >= 0.3 is 0 Å². The first-order valence-electron chi connectivity index (χ1n) is 5.11. The van der Waals surface area contributed by atoms with Crippen molar-refractivity contribution >= 4 is 11.5 Å². The van der Waals surface area contributed by atoms with Crippen LogP contribution in [0.25, 0.3) is 0 Å². The maximum Gasteiger partial charge on any atom is 0.125 e. The number of H-pyrrole nitrogens is 1. The normalized spacial score (nSPS) is 10.4. The van der Waals surface area contributed by atoms with Crippen LogP contribution in [0.4, 0.5) is 11.5 Å². The zero-order chi connectivity index (χ0) is 11.5. The lowest BCUT2D eigenvalue weighted by Crippen LogP contribution is -2.30. The molecule has 0 aliphatic rings. The molecule has 0 saturated heterocycles. The average molecular weight is 216 g/mol. The Hall–Kier alpha value is -1.94. The standard InChI is InChI=1S/C12H15N3O/c1-9-3-8-12(14-9)15(13-2)10-4-6-11(16)7-5-10/h3-8,13-14,16H,1-2H3/p-1. The van der Waals surface area contributed by atoms with Gasteiger partial charge in [0.05, 0.1) is 5.69 Å². The van der Waals surface area contributed by atoms with Gasteiger partial charge in [0, 0.05) is 12.7 Å². The van der Waals surface area contributed by atoms with E-state index in [4.69, 9.17) is 0 Å². The molecule has 4 heteroatoms. The van der Waals surface area contributed by atoms with Crippen LogP contribution in [0, 0.1) is 6.92 Å². The average Bonchev–Trinajstić information content (AvgIpc) is 2.69. The van der Waals surface area contributed by atoms with Gasteiger partial charge < -0.3 is 10.1 Å². The van der Waals surface area contributed by atoms with Crippen LogP contribution in [0.2, 0.25) is 0 Å². The van der Waals surface area contributed by atoms with E-state index in [-0.39, 0.29) is 5.75 Å². The highest BCUT2D eigenvalue weighted by atomic mass is 16.3. The Bertz CT molecular complexity index is 461. The molecule has 1 aromatic carbocycles. The Morgan fingerprint density at radius 3 is 2.31 bits per heavy atom. The molecule has 0 unspecified atom stereocenters. The van der Waals surface area contributed by atoms with E-state index in [2.05, 4.69) is 10.4 Å². The molecule has 84 valence electrons. The van der Waals surface area contributed by atoms with Gasteiger partial charge in [-0.05, 0) is 31.2 Å². The number of anilines is 2. The van der Waals surface area contributed by atoms with E-state index in [0.717, 1.165) is 17.2 Å². The van der Waals surface area contributed by atoms with Crippen LogP contribution in [-0.4, -0.2) is 12.0 Å². The van der Waals surface area contributed by atoms with Gasteiger partial charge in [-0.1, -0.05) is 12.1 Å². The van der Waals surface area contributed by atoms with Crippen LogP contribution in [0.3, 0.4) is 0 Å². The third-order valence-electron chi connectivity index (χ3n) is 2.38. The lowest BCUT2D eigenvalue weighted by Gasteiger charge is -2.22. The lowest BCUT2D eigenvalue weighted by atomic mass is 10.3. The molecule has 16 heavy (non-hydrogen) atoms. The summed E-state index contributed by atoms with van der Waals surface area (Å²) in [4.78, 5) is 3.23. The summed E-state index contributed by atoms with van der Waals surface area (Å²) in [5.41, 5.74) is 5.08. The fourth-order valence-corrected chi connectivity index (χ4v) is 1.60. The first kappa shape index (κ1) is 10.6. The highest BCUT2D eigenvalue weighted by Crippen LogP contribution is 2.23. The number of aryl methyl sites for hydroxylation is 1. The number of aromatic nitrogens is 1. The molecule has 4 nitrogen and oxygen atoms in total. The van der Waals surface area contributed by atoms with Crippen LogP contribution in [0.15, 0.2) is 36.4 Å². The van der Waals surface area contributed by atoms with E-state index >= 15 is 0 Å². The topological polar surface area (TPSA) is 54.1 Å². The Balaban J connectivity index is 2.32. The van der Waals surface area contributed by atoms with Crippen LogP contribution >= 0.6 is 0 Å². The van der Waals surface area contributed by atoms with Gasteiger partial charge in [0.15, 0.2) is 0 Å². The molecule has 2 aromatic rings. The zero-order valence-electron chi connectivity index (χ0n) is 9.32. The fraction of sp³-hybridized carbons (Fsp3) is 0.167. The van der Waals surface area contributed by atoms with E-state index in [1.165, 1.54) is 0 Å². The van der Waals surface area contributed by atoms with Crippen molar-refractivity contribution in [3.05, 3.63) is 42.1 Å². The third kappa shape index (κ3) is 2.01. The molecule has 1 aromatic heterocycles. The zero-order valence-corrected chi connectivity index (χ0v) is 9.32. The van der Waals surface area contributed by atoms with Crippen LogP contribution in [-0.2, 0) is 0 Å². The van der Waals surface area contributed by atoms with Gasteiger partial charge in [0.25, 0.3) is 0 Å². The number of nitrogens with zero attached hydrogens (tertiary/aromatic N) is 1. The number of hydrazine groups is 1. The fourth-order valence-electron chi connectivity index (χ4n) is 1.60. The van der Waals surface area contributed by atoms with Crippen molar-refractivity contribution in [1.82, 2.24) is 10.4 Å². The van der Waals surface area contributed by atoms with E-state index in [9.17, 15) is 5.11 Å². The molecule has 0 aliphatic carbocycles. The Kier molecular flexibility index (Phi) is 2.83. The van der Waals surface area contributed by atoms with Gasteiger partial charge in [-0.15, -0.1) is 5.75 Å². The molecular weight excluding hydrogens is 202 g/mol. The summed E-state index contributed by atoms with van der Waals surface area (Å²) in [5.74, 6) is 0.959. The number of nitrogens with one attached hydrogen (secondary N) is 2. The van der Waals surface area contributed by atoms with Crippen LogP contribution in [0.1, 0.15) is 5.69 Å². The lowest BCUT2D eigenvalue weighted by molar-refractivity contribution is -0.268. The Morgan fingerprint density at radius 1 is 1.12 bits per heavy atom. The Labute approximate surface area is 94.5 Å². The summed E-state index contributed by atoms with van der Waals surface area (Å²) >= 11 is 0. The van der Waals surface area contributed by atoms with Gasteiger partial charge in [-0.2, -0.15) is 0 Å². The van der Waals surface area contributed by atoms with Crippen molar-refractivity contribution in [2.24, 2.45) is 0 Å². The van der Waals surface area contributed by atoms with Crippen molar-refractivity contribution < 1.29 is 5.11 Å². The minimum Gasteiger partial charge on any atom is -0.872 e. The number of benzene rings is 1. The molecule has 0 aliphatic heterocycles. The number of hydrogen-bond donors (Lipinski definition) is 2. The van der Waals surface area contributed by atoms with Gasteiger partial charge in [0.2, 0.25) is 0 Å². The number of hydrogen-bond acceptors (Lipinski definition) is 3. The maximum atomic E-state index is 11.0. The number of aromatic amines is 1. The highest BCUT2D eigenvalue weighted by molar-refractivity contribution is 5.59. The SMILES string of the molecule is CNN(c1ccc([O-])cc1)c1ccc(C)[nH]1. The molecule has 0 amide bonds. The summed E-state index contributed by atoms with van der Waals surface area (Å²) < 4.78 is 0. The monoisotopic (exact) mass is 216 g/mol. The third-order valence-corrected chi connectivity index (χ3v) is 2.38. The minimum atomic E-state index is 0.0162. The summed E-state index contributed by atoms with van der Waals surface area (Å²) in [6.07, 6.45) is 0. The largest absolute Gasteiger partial charge is 0.872 e. The van der Waals surface area contributed by atoms with Gasteiger partial charge in [0.1, 0.15) is 5.82 Å². The van der Waals surface area contributed by atoms with E-state index < -0.39 is 0 Å². The molecule has 2 rings (SSSR count). The van der Waals surface area contributed by atoms with Crippen molar-refractivity contribution in [2.75, 3.05) is 12.1 Å². The molecule has 0 bridgehead atoms. The molecular formula is C12H14N3O-. The van der Waals surface area contributed by atoms with Gasteiger partial charge in [-0.3, -0.25) is 5.01 Å². The summed E-state index contributed by atoms with van der Waals surface area (Å²) in [6.45, 7) is 2.00. The van der Waals surface area contributed by atoms with E-state index in [1.54, 1.807) is 24.3 Å². The highest BCUT2D eigenvalue weighted by Gasteiger charge is 2.07. The summed E-state index contributed by atoms with van der Waals surface area (Å²) in [5, 5.41) is 12.9. The van der Waals surface area contributed by atoms with E-state index in [0.29, 0.717) is 0 Å². The van der Waals surface area contributed by atoms with Crippen molar-refractivity contribution in [3.63, 3.8) is 0 Å². The first-order valence-corrected chi connectivity index (χ1v) is 5.11. The smallest absolute Gasteiger partial charge is 0.125 e. The van der Waals surface area contributed by atoms with Crippen LogP contribution in [0.5, 0.6) is 5.75 Å². The molecule has 1 heterocycles. The molecule has 0 fully saturated rings. The second-order valence-corrected chi connectivity index (χ2v) is 3.58. The molecule has 0 atom stereocenters. The predicted octanol–water partition coefficient (Wildman–Crippen LogP) is 1.67. The van der Waals surface area contributed by atoms with E-state index in [1.807, 2.05) is 31.1 Å². The first-order chi connectivity index (χ1) is 7.70. The molecule has 0 saturated carbocycles. The van der Waals surface area contributed by atoms with Crippen molar-refractivity contribution in [3.8, 4) is 5.75 Å². The number of rotatable bonds is 3. The maximum absolute atomic E-state index is 11.0. The van der Waals surface area contributed by atoms with Crippen molar-refractivity contribution in [2.45, 2.75) is 6.92 Å². The molecule has 0 spiro atoms. The second-order valence-electron chi connectivity index (χ2n) is 3.58. The minimum absolute atomic E-state index is 0.0162. The quantitative estimate of drug-likeness (QED) is 0.767. The van der Waals surface area contributed by atoms with Crippen LogP contribution < -0.4 is 15.5 Å². The predicted molar refractivity (Wildman–Crippen MR) is 62.6 cm³/mol. The Morgan fingerprint density at radius 2 is 1.81 bits per heavy atom. The second kappa shape index (κ2) is 4.28. The van der Waals surface area contributed by atoms with Gasteiger partial charge in [-0.25, -0.2) is 5.43 Å². The summed E-state index contributed by atoms with van der Waals surface area (Å²) in [7, 11) is 1.83. The van der Waals surface area contributed by atoms with Crippen molar-refractivity contribution in [1.29, 1.82) is 0 Å². The molecule has 0 radical (unpaired) electrons. The molecule has 2 N–H and O–H groups in total. The summed E-state index contributed by atoms with van der Waals surface area (Å²) in [6, 6.07) is 10.7.